The molecule has 0 radical (unpaired) electrons. The number of ether oxygens (including phenoxy) is 2. The van der Waals surface area contributed by atoms with Crippen LogP contribution in [0.4, 0.5) is 0 Å². The van der Waals surface area contributed by atoms with Crippen LogP contribution >= 0.6 is 0 Å². The number of quaternary nitrogens is 1. The zero-order valence-corrected chi connectivity index (χ0v) is 24.2. The molecule has 0 aliphatic heterocycles. The predicted octanol–water partition coefficient (Wildman–Crippen LogP) is 8.47. The zero-order chi connectivity index (χ0) is 26.9. The number of carbonyl (C=O) groups excluding carboxylic acids is 1. The summed E-state index contributed by atoms with van der Waals surface area (Å²) in [6.45, 7) is 7.07. The molecule has 4 heteroatoms. The first-order valence-electron chi connectivity index (χ1n) is 14.7. The molecule has 2 rings (SSSR count). The Morgan fingerprint density at radius 3 is 2.03 bits per heavy atom. The molecule has 0 heterocycles. The number of hydrogen-bond donors (Lipinski definition) is 0. The van der Waals surface area contributed by atoms with Gasteiger partial charge in [-0.05, 0) is 37.8 Å². The first kappa shape index (κ1) is 30.9. The van der Waals surface area contributed by atoms with Gasteiger partial charge >= 0.3 is 5.97 Å². The smallest absolute Gasteiger partial charge is 0.367 e. The summed E-state index contributed by atoms with van der Waals surface area (Å²) in [5.41, 5.74) is 2.41. The molecule has 0 aromatic heterocycles. The summed E-state index contributed by atoms with van der Waals surface area (Å²) in [5.74, 6) is 0.634. The largest absolute Gasteiger partial charge is 0.454 e. The van der Waals surface area contributed by atoms with Crippen LogP contribution in [0.15, 0.2) is 54.6 Å². The Morgan fingerprint density at radius 2 is 1.38 bits per heavy atom. The second-order valence-corrected chi connectivity index (χ2v) is 11.1. The molecule has 0 saturated carbocycles. The highest BCUT2D eigenvalue weighted by molar-refractivity contribution is 5.74. The molecule has 4 nitrogen and oxygen atoms in total. The number of esters is 1. The van der Waals surface area contributed by atoms with Crippen LogP contribution in [0.3, 0.4) is 0 Å². The predicted molar refractivity (Wildman–Crippen MR) is 155 cm³/mol. The van der Waals surface area contributed by atoms with Crippen LogP contribution in [0.5, 0.6) is 5.75 Å². The standard InChI is InChI=1S/C33H52NO3/c1-6-8-9-10-11-12-13-14-18-24-30-25-19-20-26-31(30)36-32(21-7-2)37-33(35)28(3)34(4,5)27-29-22-16-15-17-23-29/h15-17,19-20,22-23,25-26,28,32H,6-14,18,21,24,27H2,1-5H3/q+1. The maximum absolute atomic E-state index is 13.2. The van der Waals surface area contributed by atoms with Gasteiger partial charge in [0.2, 0.25) is 6.29 Å². The first-order valence-corrected chi connectivity index (χ1v) is 14.7. The number of benzene rings is 2. The minimum absolute atomic E-state index is 0.212. The Bertz CT molecular complexity index is 880. The van der Waals surface area contributed by atoms with Crippen molar-refractivity contribution < 1.29 is 18.8 Å². The molecule has 0 spiro atoms. The molecule has 0 aliphatic carbocycles. The number of aryl methyl sites for hydroxylation is 1. The Kier molecular flexibility index (Phi) is 14.4. The molecule has 2 aromatic carbocycles. The minimum atomic E-state index is -0.569. The van der Waals surface area contributed by atoms with Gasteiger partial charge in [-0.15, -0.1) is 0 Å². The average Bonchev–Trinajstić information content (AvgIpc) is 2.88. The van der Waals surface area contributed by atoms with E-state index in [0.29, 0.717) is 10.9 Å². The number of nitrogens with zero attached hydrogens (tertiary/aromatic N) is 1. The van der Waals surface area contributed by atoms with Crippen molar-refractivity contribution in [3.63, 3.8) is 0 Å². The summed E-state index contributed by atoms with van der Waals surface area (Å²) < 4.78 is 12.8. The van der Waals surface area contributed by atoms with Gasteiger partial charge in [0.15, 0.2) is 6.04 Å². The first-order chi connectivity index (χ1) is 17.9. The van der Waals surface area contributed by atoms with Gasteiger partial charge in [-0.2, -0.15) is 0 Å². The minimum Gasteiger partial charge on any atom is -0.454 e. The van der Waals surface area contributed by atoms with E-state index in [0.717, 1.165) is 31.6 Å². The molecule has 0 fully saturated rings. The lowest BCUT2D eigenvalue weighted by Crippen LogP contribution is -2.52. The molecule has 0 bridgehead atoms. The Morgan fingerprint density at radius 1 is 0.784 bits per heavy atom. The summed E-state index contributed by atoms with van der Waals surface area (Å²) in [6.07, 6.45) is 13.9. The molecule has 2 atom stereocenters. The molecule has 0 amide bonds. The van der Waals surface area contributed by atoms with Crippen molar-refractivity contribution in [1.29, 1.82) is 0 Å². The highest BCUT2D eigenvalue weighted by atomic mass is 16.7. The quantitative estimate of drug-likeness (QED) is 0.0823. The van der Waals surface area contributed by atoms with E-state index in [2.05, 4.69) is 52.2 Å². The van der Waals surface area contributed by atoms with E-state index < -0.39 is 6.29 Å². The summed E-state index contributed by atoms with van der Waals surface area (Å²) in [4.78, 5) is 13.2. The molecular formula is C33H52NO3+. The molecule has 0 aliphatic rings. The van der Waals surface area contributed by atoms with Gasteiger partial charge in [-0.1, -0.05) is 114 Å². The maximum atomic E-state index is 13.2. The number of unbranched alkanes of at least 4 members (excludes halogenated alkanes) is 8. The Labute approximate surface area is 227 Å². The Balaban J connectivity index is 1.88. The lowest BCUT2D eigenvalue weighted by Gasteiger charge is -2.35. The van der Waals surface area contributed by atoms with Crippen molar-refractivity contribution >= 4 is 5.97 Å². The van der Waals surface area contributed by atoms with Crippen molar-refractivity contribution in [3.05, 3.63) is 65.7 Å². The molecule has 206 valence electrons. The molecule has 0 saturated heterocycles. The van der Waals surface area contributed by atoms with Gasteiger partial charge < -0.3 is 14.0 Å². The normalized spacial score (nSPS) is 13.2. The van der Waals surface area contributed by atoms with E-state index in [1.54, 1.807) is 0 Å². The van der Waals surface area contributed by atoms with Crippen LogP contribution in [0, 0.1) is 0 Å². The maximum Gasteiger partial charge on any atom is 0.367 e. The van der Waals surface area contributed by atoms with Gasteiger partial charge in [0, 0.05) is 12.0 Å². The van der Waals surface area contributed by atoms with Gasteiger partial charge in [0.05, 0.1) is 14.1 Å². The highest BCUT2D eigenvalue weighted by Crippen LogP contribution is 2.24. The van der Waals surface area contributed by atoms with Gasteiger partial charge in [0.25, 0.3) is 0 Å². The summed E-state index contributed by atoms with van der Waals surface area (Å²) in [6, 6.07) is 18.2. The van der Waals surface area contributed by atoms with E-state index in [1.165, 1.54) is 62.5 Å². The lowest BCUT2D eigenvalue weighted by atomic mass is 10.0. The van der Waals surface area contributed by atoms with E-state index in [-0.39, 0.29) is 12.0 Å². The third kappa shape index (κ3) is 11.7. The van der Waals surface area contributed by atoms with Crippen LogP contribution in [0.1, 0.15) is 103 Å². The number of hydrogen-bond acceptors (Lipinski definition) is 3. The fourth-order valence-electron chi connectivity index (χ4n) is 4.67. The molecule has 2 aromatic rings. The highest BCUT2D eigenvalue weighted by Gasteiger charge is 2.34. The van der Waals surface area contributed by atoms with Crippen LogP contribution in [0.2, 0.25) is 0 Å². The van der Waals surface area contributed by atoms with Crippen molar-refractivity contribution in [2.75, 3.05) is 14.1 Å². The molecule has 37 heavy (non-hydrogen) atoms. The third-order valence-corrected chi connectivity index (χ3v) is 7.38. The fraction of sp³-hybridized carbons (Fsp3) is 0.606. The Hall–Kier alpha value is -2.33. The number of para-hydroxylation sites is 1. The summed E-state index contributed by atoms with van der Waals surface area (Å²) in [5, 5.41) is 0. The van der Waals surface area contributed by atoms with E-state index in [1.807, 2.05) is 37.3 Å². The van der Waals surface area contributed by atoms with Crippen molar-refractivity contribution in [1.82, 2.24) is 0 Å². The molecular weight excluding hydrogens is 458 g/mol. The van der Waals surface area contributed by atoms with Crippen molar-refractivity contribution in [3.8, 4) is 5.75 Å². The van der Waals surface area contributed by atoms with Crippen LogP contribution in [-0.2, 0) is 22.5 Å². The van der Waals surface area contributed by atoms with E-state index in [9.17, 15) is 4.79 Å². The van der Waals surface area contributed by atoms with Gasteiger partial charge in [-0.25, -0.2) is 4.79 Å². The van der Waals surface area contributed by atoms with Gasteiger partial charge in [0.1, 0.15) is 12.3 Å². The second kappa shape index (κ2) is 17.2. The number of rotatable bonds is 19. The van der Waals surface area contributed by atoms with E-state index >= 15 is 0 Å². The lowest BCUT2D eigenvalue weighted by molar-refractivity contribution is -0.917. The second-order valence-electron chi connectivity index (χ2n) is 11.1. The van der Waals surface area contributed by atoms with Crippen LogP contribution < -0.4 is 4.74 Å². The average molecular weight is 511 g/mol. The molecule has 0 N–H and O–H groups in total. The van der Waals surface area contributed by atoms with Crippen molar-refractivity contribution in [2.45, 2.75) is 117 Å². The topological polar surface area (TPSA) is 35.5 Å². The zero-order valence-electron chi connectivity index (χ0n) is 24.2. The summed E-state index contributed by atoms with van der Waals surface area (Å²) >= 11 is 0. The third-order valence-electron chi connectivity index (χ3n) is 7.38. The SMILES string of the molecule is CCCCCCCCCCCc1ccccc1OC(CCC)OC(=O)C(C)[N+](C)(C)Cc1ccccc1. The van der Waals surface area contributed by atoms with Crippen molar-refractivity contribution in [2.24, 2.45) is 0 Å². The monoisotopic (exact) mass is 510 g/mol. The summed E-state index contributed by atoms with van der Waals surface area (Å²) in [7, 11) is 4.16. The van der Waals surface area contributed by atoms with E-state index in [4.69, 9.17) is 9.47 Å². The van der Waals surface area contributed by atoms with Crippen LogP contribution in [-0.4, -0.2) is 36.9 Å². The van der Waals surface area contributed by atoms with Crippen LogP contribution in [0.25, 0.3) is 0 Å². The number of likely N-dealkylation sites (N-methyl/N-ethyl adjacent to an activating group) is 1. The fourth-order valence-corrected chi connectivity index (χ4v) is 4.67. The number of carbonyl (C=O) groups is 1. The molecule has 2 unspecified atom stereocenters. The van der Waals surface area contributed by atoms with Gasteiger partial charge in [-0.3, -0.25) is 0 Å².